The third-order valence-corrected chi connectivity index (χ3v) is 3.70. The molecule has 0 unspecified atom stereocenters. The van der Waals surface area contributed by atoms with Gasteiger partial charge in [-0.1, -0.05) is 48.1 Å². The third-order valence-electron chi connectivity index (χ3n) is 2.68. The lowest BCUT2D eigenvalue weighted by molar-refractivity contribution is -0.383. The van der Waals surface area contributed by atoms with Crippen molar-refractivity contribution >= 4 is 51.5 Å². The van der Waals surface area contributed by atoms with Gasteiger partial charge in [0.1, 0.15) is 5.02 Å². The number of ether oxygens (including phenoxy) is 1. The highest BCUT2D eigenvalue weighted by molar-refractivity contribution is 6.44. The lowest BCUT2D eigenvalue weighted by atomic mass is 10.2. The summed E-state index contributed by atoms with van der Waals surface area (Å²) in [5.74, 6) is 0.0408. The van der Waals surface area contributed by atoms with Crippen LogP contribution in [0.3, 0.4) is 0 Å². The molecule has 6 nitrogen and oxygen atoms in total. The number of aromatic nitrogens is 2. The molecule has 0 spiro atoms. The van der Waals surface area contributed by atoms with Crippen LogP contribution in [-0.4, -0.2) is 21.5 Å². The van der Waals surface area contributed by atoms with Crippen LogP contribution in [-0.2, 0) is 0 Å². The molecule has 1 aromatic carbocycles. The van der Waals surface area contributed by atoms with Crippen molar-refractivity contribution in [3.8, 4) is 5.88 Å². The summed E-state index contributed by atoms with van der Waals surface area (Å²) in [5, 5.41) is 11.0. The maximum atomic E-state index is 11.2. The Morgan fingerprint density at radius 1 is 1.33 bits per heavy atom. The van der Waals surface area contributed by atoms with Crippen molar-refractivity contribution in [2.24, 2.45) is 0 Å². The molecular weight excluding hydrogens is 341 g/mol. The molecule has 1 aromatic heterocycles. The average Bonchev–Trinajstić information content (AvgIpc) is 2.41. The lowest BCUT2D eigenvalue weighted by Crippen LogP contribution is -2.02. The molecule has 0 fully saturated rings. The summed E-state index contributed by atoms with van der Waals surface area (Å²) in [7, 11) is 0. The number of rotatable bonds is 5. The topological polar surface area (TPSA) is 78.2 Å². The standard InChI is InChI=1S/C12H10Cl3N3O3/c1-2-3-4-21-12-11(15)16-7-5-6(13)8(14)10(18(19)20)9(7)17-12/h5H,2-4H2,1H3. The van der Waals surface area contributed by atoms with Gasteiger partial charge in [-0.3, -0.25) is 10.1 Å². The molecule has 112 valence electrons. The third kappa shape index (κ3) is 3.28. The van der Waals surface area contributed by atoms with Gasteiger partial charge in [0.25, 0.3) is 5.88 Å². The molecule has 0 aliphatic heterocycles. The van der Waals surface area contributed by atoms with Crippen LogP contribution in [0.1, 0.15) is 19.8 Å². The molecule has 0 atom stereocenters. The fourth-order valence-electron chi connectivity index (χ4n) is 1.66. The number of fused-ring (bicyclic) bond motifs is 1. The Morgan fingerprint density at radius 3 is 2.67 bits per heavy atom. The van der Waals surface area contributed by atoms with Gasteiger partial charge in [-0.05, 0) is 12.5 Å². The number of hydrogen-bond donors (Lipinski definition) is 0. The van der Waals surface area contributed by atoms with Gasteiger partial charge in [0.05, 0.1) is 22.1 Å². The summed E-state index contributed by atoms with van der Waals surface area (Å²) in [6.07, 6.45) is 1.74. The Kier molecular flexibility index (Phi) is 5.03. The highest BCUT2D eigenvalue weighted by Crippen LogP contribution is 2.39. The van der Waals surface area contributed by atoms with E-state index in [1.165, 1.54) is 6.07 Å². The number of halogens is 3. The molecule has 0 saturated carbocycles. The monoisotopic (exact) mass is 349 g/mol. The van der Waals surface area contributed by atoms with Crippen LogP contribution in [0.4, 0.5) is 5.69 Å². The van der Waals surface area contributed by atoms with E-state index in [0.717, 1.165) is 12.8 Å². The second-order valence-electron chi connectivity index (χ2n) is 4.17. The smallest absolute Gasteiger partial charge is 0.317 e. The highest BCUT2D eigenvalue weighted by atomic mass is 35.5. The molecule has 9 heteroatoms. The van der Waals surface area contributed by atoms with Crippen LogP contribution in [0.2, 0.25) is 15.2 Å². The largest absolute Gasteiger partial charge is 0.475 e. The number of hydrogen-bond acceptors (Lipinski definition) is 5. The summed E-state index contributed by atoms with van der Waals surface area (Å²) in [6, 6.07) is 1.38. The van der Waals surface area contributed by atoms with E-state index in [4.69, 9.17) is 39.5 Å². The summed E-state index contributed by atoms with van der Waals surface area (Å²) in [4.78, 5) is 18.6. The molecule has 1 heterocycles. The Hall–Kier alpha value is -1.37. The van der Waals surface area contributed by atoms with E-state index in [1.54, 1.807) is 0 Å². The van der Waals surface area contributed by atoms with Crippen molar-refractivity contribution in [3.63, 3.8) is 0 Å². The number of nitro groups is 1. The SMILES string of the molecule is CCCCOc1nc2c([N+](=O)[O-])c(Cl)c(Cl)cc2nc1Cl. The fourth-order valence-corrected chi connectivity index (χ4v) is 2.25. The van der Waals surface area contributed by atoms with Crippen molar-refractivity contribution in [1.29, 1.82) is 0 Å². The molecule has 0 N–H and O–H groups in total. The van der Waals surface area contributed by atoms with Crippen LogP contribution in [0.5, 0.6) is 5.88 Å². The summed E-state index contributed by atoms with van der Waals surface area (Å²) >= 11 is 17.7. The summed E-state index contributed by atoms with van der Waals surface area (Å²) in [6.45, 7) is 2.40. The molecule has 2 rings (SSSR count). The maximum absolute atomic E-state index is 11.2. The van der Waals surface area contributed by atoms with Gasteiger partial charge in [0, 0.05) is 0 Å². The molecule has 0 radical (unpaired) electrons. The number of unbranched alkanes of at least 4 members (excludes halogenated alkanes) is 1. The van der Waals surface area contributed by atoms with Crippen molar-refractivity contribution in [2.45, 2.75) is 19.8 Å². The van der Waals surface area contributed by atoms with Gasteiger partial charge in [-0.25, -0.2) is 9.97 Å². The predicted octanol–water partition coefficient (Wildman–Crippen LogP) is 4.68. The minimum atomic E-state index is -0.658. The van der Waals surface area contributed by atoms with E-state index in [9.17, 15) is 10.1 Å². The van der Waals surface area contributed by atoms with Crippen molar-refractivity contribution in [1.82, 2.24) is 9.97 Å². The van der Waals surface area contributed by atoms with Gasteiger partial charge in [0.15, 0.2) is 10.7 Å². The zero-order chi connectivity index (χ0) is 15.6. The van der Waals surface area contributed by atoms with Gasteiger partial charge < -0.3 is 4.74 Å². The quantitative estimate of drug-likeness (QED) is 0.444. The minimum Gasteiger partial charge on any atom is -0.475 e. The summed E-state index contributed by atoms with van der Waals surface area (Å²) < 4.78 is 5.39. The molecular formula is C12H10Cl3N3O3. The number of nitrogens with zero attached hydrogens (tertiary/aromatic N) is 3. The Labute approximate surface area is 135 Å². The van der Waals surface area contributed by atoms with Gasteiger partial charge >= 0.3 is 5.69 Å². The first-order valence-electron chi connectivity index (χ1n) is 6.08. The van der Waals surface area contributed by atoms with Crippen LogP contribution < -0.4 is 4.74 Å². The van der Waals surface area contributed by atoms with Crippen molar-refractivity contribution in [2.75, 3.05) is 6.61 Å². The molecule has 21 heavy (non-hydrogen) atoms. The van der Waals surface area contributed by atoms with E-state index in [1.807, 2.05) is 6.92 Å². The zero-order valence-electron chi connectivity index (χ0n) is 10.9. The first-order valence-corrected chi connectivity index (χ1v) is 7.21. The Bertz CT molecular complexity index is 709. The normalized spacial score (nSPS) is 10.9. The van der Waals surface area contributed by atoms with E-state index in [2.05, 4.69) is 9.97 Å². The number of benzene rings is 1. The van der Waals surface area contributed by atoms with Gasteiger partial charge in [-0.15, -0.1) is 0 Å². The maximum Gasteiger partial charge on any atom is 0.317 e. The fraction of sp³-hybridized carbons (Fsp3) is 0.333. The molecule has 0 bridgehead atoms. The number of nitro benzene ring substituents is 1. The Balaban J connectivity index is 2.61. The van der Waals surface area contributed by atoms with E-state index >= 15 is 0 Å². The van der Waals surface area contributed by atoms with E-state index in [-0.39, 0.29) is 32.1 Å². The van der Waals surface area contributed by atoms with Crippen LogP contribution in [0, 0.1) is 10.1 Å². The highest BCUT2D eigenvalue weighted by Gasteiger charge is 2.24. The second-order valence-corrected chi connectivity index (χ2v) is 5.31. The molecule has 0 aliphatic rings. The van der Waals surface area contributed by atoms with E-state index in [0.29, 0.717) is 6.61 Å². The molecule has 0 saturated heterocycles. The summed E-state index contributed by atoms with van der Waals surface area (Å²) in [5.41, 5.74) is -0.238. The molecule has 2 aromatic rings. The second kappa shape index (κ2) is 6.60. The van der Waals surface area contributed by atoms with E-state index < -0.39 is 10.6 Å². The molecule has 0 amide bonds. The predicted molar refractivity (Wildman–Crippen MR) is 81.6 cm³/mol. The van der Waals surface area contributed by atoms with Crippen molar-refractivity contribution < 1.29 is 9.66 Å². The first-order chi connectivity index (χ1) is 9.95. The van der Waals surface area contributed by atoms with Gasteiger partial charge in [-0.2, -0.15) is 0 Å². The van der Waals surface area contributed by atoms with Crippen LogP contribution in [0.25, 0.3) is 11.0 Å². The molecule has 0 aliphatic carbocycles. The van der Waals surface area contributed by atoms with Crippen molar-refractivity contribution in [3.05, 3.63) is 31.4 Å². The van der Waals surface area contributed by atoms with Gasteiger partial charge in [0.2, 0.25) is 0 Å². The van der Waals surface area contributed by atoms with Crippen LogP contribution >= 0.6 is 34.8 Å². The zero-order valence-corrected chi connectivity index (χ0v) is 13.2. The first kappa shape index (κ1) is 16.0. The average molecular weight is 351 g/mol. The minimum absolute atomic E-state index is 0.00898. The van der Waals surface area contributed by atoms with Crippen LogP contribution in [0.15, 0.2) is 6.07 Å². The lowest BCUT2D eigenvalue weighted by Gasteiger charge is -2.08. The Morgan fingerprint density at radius 2 is 2.05 bits per heavy atom.